The Morgan fingerprint density at radius 3 is 2.70 bits per heavy atom. The molecule has 1 heterocycles. The van der Waals surface area contributed by atoms with Crippen LogP contribution in [-0.4, -0.2) is 31.7 Å². The third-order valence-electron chi connectivity index (χ3n) is 5.05. The van der Waals surface area contributed by atoms with Crippen LogP contribution in [0, 0.1) is 12.8 Å². The summed E-state index contributed by atoms with van der Waals surface area (Å²) in [6.45, 7) is 5.54. The average Bonchev–Trinajstić information content (AvgIpc) is 2.67. The maximum atomic E-state index is 12.9. The molecule has 1 atom stereocenters. The molecule has 1 fully saturated rings. The van der Waals surface area contributed by atoms with Gasteiger partial charge < -0.3 is 5.32 Å². The minimum atomic E-state index is -3.57. The predicted molar refractivity (Wildman–Crippen MR) is 106 cm³/mol. The fourth-order valence-electron chi connectivity index (χ4n) is 3.40. The van der Waals surface area contributed by atoms with E-state index in [1.54, 1.807) is 18.2 Å². The molecule has 2 aromatic rings. The maximum absolute atomic E-state index is 12.9. The van der Waals surface area contributed by atoms with Crippen LogP contribution in [0.25, 0.3) is 0 Å². The van der Waals surface area contributed by atoms with Crippen molar-refractivity contribution in [3.63, 3.8) is 0 Å². The minimum absolute atomic E-state index is 0.181. The number of hydrogen-bond acceptors (Lipinski definition) is 3. The van der Waals surface area contributed by atoms with Gasteiger partial charge in [0.2, 0.25) is 10.0 Å². The third kappa shape index (κ3) is 4.57. The molecule has 5 nitrogen and oxygen atoms in total. The molecule has 0 aromatic heterocycles. The van der Waals surface area contributed by atoms with E-state index in [1.807, 2.05) is 31.2 Å². The Morgan fingerprint density at radius 2 is 1.96 bits per heavy atom. The molecule has 1 saturated heterocycles. The Kier molecular flexibility index (Phi) is 5.97. The van der Waals surface area contributed by atoms with Gasteiger partial charge in [0, 0.05) is 25.2 Å². The van der Waals surface area contributed by atoms with Gasteiger partial charge in [-0.15, -0.1) is 0 Å². The summed E-state index contributed by atoms with van der Waals surface area (Å²) in [5.41, 5.74) is 2.50. The van der Waals surface area contributed by atoms with E-state index in [0.717, 1.165) is 24.0 Å². The molecule has 0 radical (unpaired) electrons. The Balaban J connectivity index is 1.74. The highest BCUT2D eigenvalue weighted by Crippen LogP contribution is 2.24. The number of carbonyl (C=O) groups is 1. The van der Waals surface area contributed by atoms with Gasteiger partial charge in [0.05, 0.1) is 4.90 Å². The van der Waals surface area contributed by atoms with E-state index < -0.39 is 10.0 Å². The van der Waals surface area contributed by atoms with Crippen LogP contribution in [0.4, 0.5) is 0 Å². The largest absolute Gasteiger partial charge is 0.348 e. The molecule has 2 aromatic carbocycles. The highest BCUT2D eigenvalue weighted by Gasteiger charge is 2.29. The van der Waals surface area contributed by atoms with E-state index in [4.69, 9.17) is 0 Å². The lowest BCUT2D eigenvalue weighted by Gasteiger charge is -2.30. The lowest BCUT2D eigenvalue weighted by molar-refractivity contribution is 0.0950. The summed E-state index contributed by atoms with van der Waals surface area (Å²) >= 11 is 0. The van der Waals surface area contributed by atoms with E-state index in [-0.39, 0.29) is 10.8 Å². The lowest BCUT2D eigenvalue weighted by Crippen LogP contribution is -2.39. The van der Waals surface area contributed by atoms with E-state index in [1.165, 1.54) is 10.4 Å². The number of sulfonamides is 1. The second kappa shape index (κ2) is 8.23. The van der Waals surface area contributed by atoms with Gasteiger partial charge in [0.1, 0.15) is 0 Å². The van der Waals surface area contributed by atoms with E-state index >= 15 is 0 Å². The number of rotatable bonds is 5. The number of nitrogens with zero attached hydrogens (tertiary/aromatic N) is 1. The normalized spacial score (nSPS) is 18.2. The summed E-state index contributed by atoms with van der Waals surface area (Å²) in [6, 6.07) is 14.2. The van der Waals surface area contributed by atoms with Gasteiger partial charge in [-0.25, -0.2) is 8.42 Å². The highest BCUT2D eigenvalue weighted by molar-refractivity contribution is 7.89. The van der Waals surface area contributed by atoms with Crippen LogP contribution in [0.2, 0.25) is 0 Å². The zero-order chi connectivity index (χ0) is 19.4. The topological polar surface area (TPSA) is 66.5 Å². The number of benzene rings is 2. The molecule has 1 N–H and O–H groups in total. The Labute approximate surface area is 161 Å². The van der Waals surface area contributed by atoms with Crippen LogP contribution < -0.4 is 5.32 Å². The van der Waals surface area contributed by atoms with Crippen molar-refractivity contribution in [2.75, 3.05) is 13.1 Å². The van der Waals surface area contributed by atoms with Crippen molar-refractivity contribution in [3.8, 4) is 0 Å². The molecule has 144 valence electrons. The first-order valence-corrected chi connectivity index (χ1v) is 10.7. The molecule has 1 aliphatic rings. The van der Waals surface area contributed by atoms with E-state index in [0.29, 0.717) is 31.1 Å². The molecule has 1 aliphatic heterocycles. The third-order valence-corrected chi connectivity index (χ3v) is 6.92. The molecular weight excluding hydrogens is 360 g/mol. The van der Waals surface area contributed by atoms with Crippen LogP contribution in [0.15, 0.2) is 53.4 Å². The predicted octanol–water partition coefficient (Wildman–Crippen LogP) is 3.35. The molecule has 6 heteroatoms. The molecule has 3 rings (SSSR count). The second-order valence-electron chi connectivity index (χ2n) is 7.25. The van der Waals surface area contributed by atoms with Crippen molar-refractivity contribution >= 4 is 15.9 Å². The first-order chi connectivity index (χ1) is 12.9. The van der Waals surface area contributed by atoms with Crippen LogP contribution in [0.1, 0.15) is 41.3 Å². The lowest BCUT2D eigenvalue weighted by atomic mass is 10.0. The maximum Gasteiger partial charge on any atom is 0.251 e. The number of piperidine rings is 1. The monoisotopic (exact) mass is 386 g/mol. The van der Waals surface area contributed by atoms with Crippen molar-refractivity contribution in [1.29, 1.82) is 0 Å². The molecule has 27 heavy (non-hydrogen) atoms. The van der Waals surface area contributed by atoms with Gasteiger partial charge in [-0.2, -0.15) is 4.31 Å². The summed E-state index contributed by atoms with van der Waals surface area (Å²) in [5, 5.41) is 2.87. The molecule has 0 spiro atoms. The zero-order valence-corrected chi connectivity index (χ0v) is 16.6. The van der Waals surface area contributed by atoms with Crippen molar-refractivity contribution in [3.05, 3.63) is 65.2 Å². The van der Waals surface area contributed by atoms with Gasteiger partial charge in [-0.05, 0) is 55.0 Å². The average molecular weight is 387 g/mol. The number of amides is 1. The van der Waals surface area contributed by atoms with Gasteiger partial charge in [0.15, 0.2) is 0 Å². The summed E-state index contributed by atoms with van der Waals surface area (Å²) in [6.07, 6.45) is 1.92. The standard InChI is InChI=1S/C21H26N2O3S/c1-16-7-6-12-23(15-16)27(25,26)20-11-5-10-18(13-20)21(24)22-14-19-9-4-3-8-17(19)2/h3-5,8-11,13,16H,6-7,12,14-15H2,1-2H3,(H,22,24). The number of aryl methyl sites for hydroxylation is 1. The summed E-state index contributed by atoms with van der Waals surface area (Å²) in [4.78, 5) is 12.7. The van der Waals surface area contributed by atoms with Crippen molar-refractivity contribution in [2.24, 2.45) is 5.92 Å². The Bertz CT molecular complexity index is 925. The van der Waals surface area contributed by atoms with E-state index in [9.17, 15) is 13.2 Å². The molecule has 0 saturated carbocycles. The molecular formula is C21H26N2O3S. The quantitative estimate of drug-likeness (QED) is 0.857. The number of hydrogen-bond donors (Lipinski definition) is 1. The smallest absolute Gasteiger partial charge is 0.251 e. The first kappa shape index (κ1) is 19.6. The summed E-state index contributed by atoms with van der Waals surface area (Å²) < 4.78 is 27.4. The molecule has 0 aliphatic carbocycles. The fraction of sp³-hybridized carbons (Fsp3) is 0.381. The molecule has 0 bridgehead atoms. The fourth-order valence-corrected chi connectivity index (χ4v) is 5.04. The molecule has 1 amide bonds. The van der Waals surface area contributed by atoms with Gasteiger partial charge in [0.25, 0.3) is 5.91 Å². The Morgan fingerprint density at radius 1 is 1.19 bits per heavy atom. The highest BCUT2D eigenvalue weighted by atomic mass is 32.2. The van der Waals surface area contributed by atoms with Gasteiger partial charge in [-0.3, -0.25) is 4.79 Å². The van der Waals surface area contributed by atoms with Crippen LogP contribution in [0.5, 0.6) is 0 Å². The van der Waals surface area contributed by atoms with Crippen molar-refractivity contribution in [2.45, 2.75) is 38.1 Å². The summed E-state index contributed by atoms with van der Waals surface area (Å²) in [5.74, 6) is 0.0800. The minimum Gasteiger partial charge on any atom is -0.348 e. The SMILES string of the molecule is Cc1ccccc1CNC(=O)c1cccc(S(=O)(=O)N2CCCC(C)C2)c1. The number of nitrogens with one attached hydrogen (secondary N) is 1. The second-order valence-corrected chi connectivity index (χ2v) is 9.19. The van der Waals surface area contributed by atoms with Crippen molar-refractivity contribution < 1.29 is 13.2 Å². The first-order valence-electron chi connectivity index (χ1n) is 9.31. The van der Waals surface area contributed by atoms with Crippen LogP contribution >= 0.6 is 0 Å². The zero-order valence-electron chi connectivity index (χ0n) is 15.8. The van der Waals surface area contributed by atoms with Gasteiger partial charge >= 0.3 is 0 Å². The Hall–Kier alpha value is -2.18. The van der Waals surface area contributed by atoms with Gasteiger partial charge in [-0.1, -0.05) is 37.3 Å². The number of carbonyl (C=O) groups excluding carboxylic acids is 1. The van der Waals surface area contributed by atoms with E-state index in [2.05, 4.69) is 12.2 Å². The van der Waals surface area contributed by atoms with Crippen LogP contribution in [-0.2, 0) is 16.6 Å². The van der Waals surface area contributed by atoms with Crippen LogP contribution in [0.3, 0.4) is 0 Å². The summed E-state index contributed by atoms with van der Waals surface area (Å²) in [7, 11) is -3.57. The van der Waals surface area contributed by atoms with Crippen molar-refractivity contribution in [1.82, 2.24) is 9.62 Å². The molecule has 1 unspecified atom stereocenters.